The predicted octanol–water partition coefficient (Wildman–Crippen LogP) is 5.88. The van der Waals surface area contributed by atoms with Gasteiger partial charge in [0.15, 0.2) is 0 Å². The summed E-state index contributed by atoms with van der Waals surface area (Å²) in [7, 11) is -3.82. The molecule has 5 nitrogen and oxygen atoms in total. The molecule has 0 amide bonds. The van der Waals surface area contributed by atoms with E-state index in [0.29, 0.717) is 23.8 Å². The number of aryl methyl sites for hydroxylation is 3. The van der Waals surface area contributed by atoms with Gasteiger partial charge in [-0.05, 0) is 67.3 Å². The Kier molecular flexibility index (Phi) is 6.26. The molecule has 1 heterocycles. The highest BCUT2D eigenvalue weighted by Gasteiger charge is 2.17. The Hall–Kier alpha value is -3.22. The van der Waals surface area contributed by atoms with Crippen LogP contribution < -0.4 is 0 Å². The first kappa shape index (κ1) is 22.0. The van der Waals surface area contributed by atoms with Gasteiger partial charge in [-0.25, -0.2) is 4.98 Å². The van der Waals surface area contributed by atoms with E-state index in [0.717, 1.165) is 27.8 Å². The molecule has 0 aliphatic rings. The van der Waals surface area contributed by atoms with E-state index in [1.165, 1.54) is 0 Å². The lowest BCUT2D eigenvalue weighted by atomic mass is 10.0. The van der Waals surface area contributed by atoms with Crippen molar-refractivity contribution in [1.29, 1.82) is 0 Å². The Balaban J connectivity index is 1.43. The zero-order valence-corrected chi connectivity index (χ0v) is 19.1. The molecule has 164 valence electrons. The zero-order valence-electron chi connectivity index (χ0n) is 18.3. The Morgan fingerprint density at radius 1 is 0.812 bits per heavy atom. The molecule has 0 unspecified atom stereocenters. The van der Waals surface area contributed by atoms with Crippen LogP contribution in [0.5, 0.6) is 0 Å². The fourth-order valence-corrected chi connectivity index (χ4v) is 4.40. The molecule has 3 aromatic carbocycles. The number of oxazole rings is 1. The highest BCUT2D eigenvalue weighted by Crippen LogP contribution is 2.26. The number of aromatic nitrogens is 1. The Labute approximate surface area is 188 Å². The molecule has 0 saturated carbocycles. The average molecular weight is 448 g/mol. The molecule has 32 heavy (non-hydrogen) atoms. The maximum atomic E-state index is 12.5. The van der Waals surface area contributed by atoms with Crippen LogP contribution in [0.2, 0.25) is 0 Å². The number of hydrogen-bond acceptors (Lipinski definition) is 5. The van der Waals surface area contributed by atoms with Crippen LogP contribution in [0.1, 0.15) is 22.6 Å². The standard InChI is InChI=1S/C26H25NO4S/c1-18-9-14-24(17-19(18)2)32(28,29)30-16-15-25-20(3)31-26(27-25)23-12-10-22(11-13-23)21-7-5-4-6-8-21/h4-14,17H,15-16H2,1-3H3. The molecule has 0 aliphatic heterocycles. The van der Waals surface area contributed by atoms with Crippen LogP contribution in [-0.2, 0) is 20.7 Å². The van der Waals surface area contributed by atoms with E-state index in [1.807, 2.05) is 63.2 Å². The van der Waals surface area contributed by atoms with Crippen molar-refractivity contribution >= 4 is 10.1 Å². The maximum Gasteiger partial charge on any atom is 0.296 e. The Morgan fingerprint density at radius 2 is 1.47 bits per heavy atom. The lowest BCUT2D eigenvalue weighted by Gasteiger charge is -2.07. The summed E-state index contributed by atoms with van der Waals surface area (Å²) in [6.07, 6.45) is 0.335. The molecule has 0 radical (unpaired) electrons. The van der Waals surface area contributed by atoms with Crippen LogP contribution in [-0.4, -0.2) is 20.0 Å². The quantitative estimate of drug-likeness (QED) is 0.331. The van der Waals surface area contributed by atoms with Crippen LogP contribution in [0.15, 0.2) is 82.1 Å². The van der Waals surface area contributed by atoms with Crippen LogP contribution >= 0.6 is 0 Å². The molecule has 0 N–H and O–H groups in total. The second-order valence-corrected chi connectivity index (χ2v) is 9.35. The lowest BCUT2D eigenvalue weighted by molar-refractivity contribution is 0.320. The molecule has 1 aromatic heterocycles. The zero-order chi connectivity index (χ0) is 22.7. The smallest absolute Gasteiger partial charge is 0.296 e. The summed E-state index contributed by atoms with van der Waals surface area (Å²) in [5.41, 5.74) is 5.75. The van der Waals surface area contributed by atoms with Crippen molar-refractivity contribution in [2.45, 2.75) is 32.1 Å². The summed E-state index contributed by atoms with van der Waals surface area (Å²) in [6.45, 7) is 5.63. The largest absolute Gasteiger partial charge is 0.441 e. The van der Waals surface area contributed by atoms with Gasteiger partial charge in [0.2, 0.25) is 5.89 Å². The summed E-state index contributed by atoms with van der Waals surface area (Å²) in [5.74, 6) is 1.16. The van der Waals surface area contributed by atoms with E-state index in [4.69, 9.17) is 8.60 Å². The van der Waals surface area contributed by atoms with Gasteiger partial charge in [0.25, 0.3) is 10.1 Å². The van der Waals surface area contributed by atoms with Crippen molar-refractivity contribution in [2.24, 2.45) is 0 Å². The predicted molar refractivity (Wildman–Crippen MR) is 125 cm³/mol. The minimum Gasteiger partial charge on any atom is -0.441 e. The van der Waals surface area contributed by atoms with Crippen molar-refractivity contribution in [3.8, 4) is 22.6 Å². The SMILES string of the molecule is Cc1ccc(S(=O)(=O)OCCc2nc(-c3ccc(-c4ccccc4)cc3)oc2C)cc1C. The maximum absolute atomic E-state index is 12.5. The Bertz CT molecular complexity index is 1320. The van der Waals surface area contributed by atoms with Gasteiger partial charge in [0, 0.05) is 12.0 Å². The third-order valence-corrected chi connectivity index (χ3v) is 6.78. The molecular formula is C26H25NO4S. The van der Waals surface area contributed by atoms with E-state index < -0.39 is 10.1 Å². The van der Waals surface area contributed by atoms with Gasteiger partial charge in [0.1, 0.15) is 5.76 Å². The second-order valence-electron chi connectivity index (χ2n) is 7.74. The first-order valence-electron chi connectivity index (χ1n) is 10.4. The van der Waals surface area contributed by atoms with Gasteiger partial charge >= 0.3 is 0 Å². The molecule has 4 aromatic rings. The molecule has 4 rings (SSSR count). The van der Waals surface area contributed by atoms with Crippen molar-refractivity contribution in [3.05, 3.63) is 95.4 Å². The lowest BCUT2D eigenvalue weighted by Crippen LogP contribution is -2.10. The van der Waals surface area contributed by atoms with Gasteiger partial charge in [-0.1, -0.05) is 48.5 Å². The van der Waals surface area contributed by atoms with Crippen LogP contribution in [0, 0.1) is 20.8 Å². The minimum absolute atomic E-state index is 0.00494. The van der Waals surface area contributed by atoms with Crippen molar-refractivity contribution in [2.75, 3.05) is 6.61 Å². The minimum atomic E-state index is -3.82. The molecule has 0 fully saturated rings. The molecule has 0 bridgehead atoms. The monoisotopic (exact) mass is 447 g/mol. The molecule has 0 atom stereocenters. The number of hydrogen-bond donors (Lipinski definition) is 0. The molecular weight excluding hydrogens is 422 g/mol. The Morgan fingerprint density at radius 3 is 2.16 bits per heavy atom. The van der Waals surface area contributed by atoms with Gasteiger partial charge in [0.05, 0.1) is 17.2 Å². The topological polar surface area (TPSA) is 69.4 Å². The van der Waals surface area contributed by atoms with Gasteiger partial charge in [-0.15, -0.1) is 0 Å². The highest BCUT2D eigenvalue weighted by atomic mass is 32.2. The molecule has 6 heteroatoms. The van der Waals surface area contributed by atoms with Crippen molar-refractivity contribution in [1.82, 2.24) is 4.98 Å². The summed E-state index contributed by atoms with van der Waals surface area (Å²) < 4.78 is 36.0. The van der Waals surface area contributed by atoms with Crippen molar-refractivity contribution in [3.63, 3.8) is 0 Å². The number of benzene rings is 3. The van der Waals surface area contributed by atoms with Crippen molar-refractivity contribution < 1.29 is 17.0 Å². The van der Waals surface area contributed by atoms with E-state index in [-0.39, 0.29) is 11.5 Å². The third kappa shape index (κ3) is 4.82. The summed E-state index contributed by atoms with van der Waals surface area (Å²) in [6, 6.07) is 23.1. The van der Waals surface area contributed by atoms with Gasteiger partial charge in [-0.2, -0.15) is 8.42 Å². The van der Waals surface area contributed by atoms with E-state index in [2.05, 4.69) is 17.1 Å². The average Bonchev–Trinajstić information content (AvgIpc) is 3.16. The summed E-state index contributed by atoms with van der Waals surface area (Å²) in [5, 5.41) is 0. The molecule has 0 spiro atoms. The van der Waals surface area contributed by atoms with E-state index >= 15 is 0 Å². The van der Waals surface area contributed by atoms with E-state index in [9.17, 15) is 8.42 Å². The normalized spacial score (nSPS) is 11.6. The van der Waals surface area contributed by atoms with Crippen LogP contribution in [0.25, 0.3) is 22.6 Å². The van der Waals surface area contributed by atoms with Gasteiger partial charge < -0.3 is 4.42 Å². The fourth-order valence-electron chi connectivity index (χ4n) is 3.40. The van der Waals surface area contributed by atoms with Gasteiger partial charge in [-0.3, -0.25) is 4.18 Å². The first-order valence-corrected chi connectivity index (χ1v) is 11.8. The highest BCUT2D eigenvalue weighted by molar-refractivity contribution is 7.86. The summed E-state index contributed by atoms with van der Waals surface area (Å²) in [4.78, 5) is 4.72. The summed E-state index contributed by atoms with van der Waals surface area (Å²) >= 11 is 0. The van der Waals surface area contributed by atoms with Crippen LogP contribution in [0.3, 0.4) is 0 Å². The fraction of sp³-hybridized carbons (Fsp3) is 0.192. The number of rotatable bonds is 7. The number of nitrogens with zero attached hydrogens (tertiary/aromatic N) is 1. The molecule has 0 saturated heterocycles. The third-order valence-electron chi connectivity index (χ3n) is 5.48. The first-order chi connectivity index (χ1) is 15.3. The van der Waals surface area contributed by atoms with E-state index in [1.54, 1.807) is 18.2 Å². The molecule has 0 aliphatic carbocycles. The van der Waals surface area contributed by atoms with Crippen LogP contribution in [0.4, 0.5) is 0 Å². The second kappa shape index (κ2) is 9.10.